The molecule has 0 bridgehead atoms. The lowest BCUT2D eigenvalue weighted by Crippen LogP contribution is -2.32. The van der Waals surface area contributed by atoms with Gasteiger partial charge in [0.25, 0.3) is 11.7 Å². The van der Waals surface area contributed by atoms with E-state index in [0.717, 1.165) is 6.54 Å². The monoisotopic (exact) mass is 440 g/mol. The number of hydrogen-bond donors (Lipinski definition) is 1. The summed E-state index contributed by atoms with van der Waals surface area (Å²) in [5, 5.41) is 11.1. The van der Waals surface area contributed by atoms with Gasteiger partial charge in [-0.3, -0.25) is 9.59 Å². The largest absolute Gasteiger partial charge is 0.507 e. The van der Waals surface area contributed by atoms with E-state index >= 15 is 0 Å². The summed E-state index contributed by atoms with van der Waals surface area (Å²) in [6.45, 7) is 1.86. The van der Waals surface area contributed by atoms with Gasteiger partial charge >= 0.3 is 0 Å². The Morgan fingerprint density at radius 3 is 2.47 bits per heavy atom. The molecule has 2 aliphatic rings. The Kier molecular flexibility index (Phi) is 6.14. The Bertz CT molecular complexity index is 1060. The van der Waals surface area contributed by atoms with Gasteiger partial charge in [-0.15, -0.1) is 0 Å². The van der Waals surface area contributed by atoms with Crippen molar-refractivity contribution in [1.29, 1.82) is 0 Å². The molecule has 1 atom stereocenters. The van der Waals surface area contributed by atoms with Gasteiger partial charge in [0.05, 0.1) is 11.6 Å². The third-order valence-electron chi connectivity index (χ3n) is 5.55. The first-order valence-corrected chi connectivity index (χ1v) is 10.5. The Balaban J connectivity index is 1.77. The van der Waals surface area contributed by atoms with Gasteiger partial charge in [-0.05, 0) is 63.0 Å². The average Bonchev–Trinajstić information content (AvgIpc) is 3.03. The van der Waals surface area contributed by atoms with Gasteiger partial charge in [-0.1, -0.05) is 12.1 Å². The van der Waals surface area contributed by atoms with Gasteiger partial charge in [0.15, 0.2) is 11.5 Å². The molecule has 0 aromatic heterocycles. The molecule has 1 saturated heterocycles. The average molecular weight is 440 g/mol. The summed E-state index contributed by atoms with van der Waals surface area (Å²) >= 11 is 0. The van der Waals surface area contributed by atoms with Crippen LogP contribution in [0.15, 0.2) is 48.0 Å². The highest BCUT2D eigenvalue weighted by atomic mass is 19.1. The number of aliphatic hydroxyl groups is 1. The summed E-state index contributed by atoms with van der Waals surface area (Å²) in [5.74, 6) is -1.17. The molecule has 1 fully saturated rings. The molecule has 2 aromatic rings. The van der Waals surface area contributed by atoms with Crippen molar-refractivity contribution < 1.29 is 28.6 Å². The maximum absolute atomic E-state index is 13.6. The maximum atomic E-state index is 13.6. The van der Waals surface area contributed by atoms with Gasteiger partial charge in [0.1, 0.15) is 24.8 Å². The molecule has 7 nitrogen and oxygen atoms in total. The van der Waals surface area contributed by atoms with Crippen LogP contribution in [0.2, 0.25) is 0 Å². The van der Waals surface area contributed by atoms with Gasteiger partial charge in [0, 0.05) is 12.1 Å². The third-order valence-corrected chi connectivity index (χ3v) is 5.55. The van der Waals surface area contributed by atoms with Crippen molar-refractivity contribution in [3.8, 4) is 11.5 Å². The van der Waals surface area contributed by atoms with Crippen molar-refractivity contribution in [3.05, 3.63) is 65.0 Å². The summed E-state index contributed by atoms with van der Waals surface area (Å²) < 4.78 is 24.6. The van der Waals surface area contributed by atoms with E-state index in [4.69, 9.17) is 9.47 Å². The van der Waals surface area contributed by atoms with Crippen molar-refractivity contribution in [2.45, 2.75) is 12.5 Å². The number of hydrogen-bond acceptors (Lipinski definition) is 6. The number of ether oxygens (including phenoxy) is 2. The van der Waals surface area contributed by atoms with Crippen LogP contribution in [0.3, 0.4) is 0 Å². The van der Waals surface area contributed by atoms with Crippen LogP contribution in [-0.2, 0) is 9.59 Å². The first-order chi connectivity index (χ1) is 15.4. The lowest BCUT2D eigenvalue weighted by molar-refractivity contribution is -0.139. The predicted molar refractivity (Wildman–Crippen MR) is 116 cm³/mol. The molecule has 168 valence electrons. The summed E-state index contributed by atoms with van der Waals surface area (Å²) in [5.41, 5.74) is 0.866. The molecule has 2 aliphatic heterocycles. The number of carbonyl (C=O) groups excluding carboxylic acids is 2. The highest BCUT2D eigenvalue weighted by Gasteiger charge is 2.45. The number of halogens is 1. The highest BCUT2D eigenvalue weighted by molar-refractivity contribution is 6.46. The zero-order valence-corrected chi connectivity index (χ0v) is 18.0. The number of carbonyl (C=O) groups is 2. The molecule has 2 heterocycles. The number of aliphatic hydroxyl groups excluding tert-OH is 1. The van der Waals surface area contributed by atoms with Crippen LogP contribution in [0.1, 0.15) is 23.6 Å². The summed E-state index contributed by atoms with van der Waals surface area (Å²) in [6.07, 6.45) is 0.641. The smallest absolute Gasteiger partial charge is 0.295 e. The Hall–Kier alpha value is -3.39. The summed E-state index contributed by atoms with van der Waals surface area (Å²) in [4.78, 5) is 29.4. The molecular formula is C24H25FN2O5. The van der Waals surface area contributed by atoms with Crippen LogP contribution >= 0.6 is 0 Å². The highest BCUT2D eigenvalue weighted by Crippen LogP contribution is 2.41. The maximum Gasteiger partial charge on any atom is 0.295 e. The fraction of sp³-hybridized carbons (Fsp3) is 0.333. The minimum Gasteiger partial charge on any atom is -0.507 e. The minimum atomic E-state index is -0.814. The molecule has 8 heteroatoms. The minimum absolute atomic E-state index is 0.0249. The van der Waals surface area contributed by atoms with Gasteiger partial charge in [0.2, 0.25) is 0 Å². The molecule has 1 N–H and O–H groups in total. The van der Waals surface area contributed by atoms with E-state index in [2.05, 4.69) is 0 Å². The van der Waals surface area contributed by atoms with Crippen LogP contribution in [-0.4, -0.2) is 67.0 Å². The van der Waals surface area contributed by atoms with E-state index in [9.17, 15) is 19.1 Å². The number of fused-ring (bicyclic) bond motifs is 1. The molecule has 0 radical (unpaired) electrons. The molecular weight excluding hydrogens is 415 g/mol. The quantitative estimate of drug-likeness (QED) is 0.423. The van der Waals surface area contributed by atoms with Crippen molar-refractivity contribution in [3.63, 3.8) is 0 Å². The van der Waals surface area contributed by atoms with Crippen molar-refractivity contribution in [2.75, 3.05) is 40.4 Å². The fourth-order valence-electron chi connectivity index (χ4n) is 4.01. The number of Topliss-reactive ketones (excluding diaryl/α,β-unsaturated/α-hetero) is 1. The zero-order valence-electron chi connectivity index (χ0n) is 18.0. The molecule has 0 spiro atoms. The summed E-state index contributed by atoms with van der Waals surface area (Å²) in [7, 11) is 3.85. The number of likely N-dealkylation sites (tertiary alicyclic amines) is 1. The second-order valence-electron chi connectivity index (χ2n) is 8.06. The molecule has 2 aromatic carbocycles. The van der Waals surface area contributed by atoms with Crippen LogP contribution in [0, 0.1) is 5.82 Å². The number of rotatable bonds is 6. The molecule has 0 saturated carbocycles. The van der Waals surface area contributed by atoms with Crippen molar-refractivity contribution in [1.82, 2.24) is 9.80 Å². The second-order valence-corrected chi connectivity index (χ2v) is 8.06. The first kappa shape index (κ1) is 21.8. The van der Waals surface area contributed by atoms with E-state index in [1.807, 2.05) is 19.0 Å². The van der Waals surface area contributed by atoms with Gasteiger partial charge < -0.3 is 24.4 Å². The number of amides is 1. The van der Waals surface area contributed by atoms with Gasteiger partial charge in [-0.25, -0.2) is 4.39 Å². The molecule has 32 heavy (non-hydrogen) atoms. The molecule has 1 unspecified atom stereocenters. The second kappa shape index (κ2) is 9.00. The van der Waals surface area contributed by atoms with Crippen molar-refractivity contribution >= 4 is 17.4 Å². The normalized spacial score (nSPS) is 19.6. The third kappa shape index (κ3) is 4.18. The first-order valence-electron chi connectivity index (χ1n) is 10.5. The van der Waals surface area contributed by atoms with E-state index in [1.54, 1.807) is 18.2 Å². The van der Waals surface area contributed by atoms with E-state index in [0.29, 0.717) is 48.8 Å². The lowest BCUT2D eigenvalue weighted by Gasteiger charge is -2.26. The SMILES string of the molecule is CN(C)CCCN1C(=O)C(=O)/C(=C(\O)c2ccc3c(c2)OCCO3)C1c1ccc(F)cc1. The van der Waals surface area contributed by atoms with Gasteiger partial charge in [-0.2, -0.15) is 0 Å². The van der Waals surface area contributed by atoms with Crippen LogP contribution < -0.4 is 9.47 Å². The molecule has 1 amide bonds. The van der Waals surface area contributed by atoms with Crippen molar-refractivity contribution in [2.24, 2.45) is 0 Å². The Morgan fingerprint density at radius 1 is 1.09 bits per heavy atom. The van der Waals surface area contributed by atoms with E-state index in [1.165, 1.54) is 29.2 Å². The fourth-order valence-corrected chi connectivity index (χ4v) is 4.01. The lowest BCUT2D eigenvalue weighted by atomic mass is 9.95. The number of benzene rings is 2. The molecule has 0 aliphatic carbocycles. The Labute approximate surface area is 185 Å². The van der Waals surface area contributed by atoms with E-state index in [-0.39, 0.29) is 11.3 Å². The van der Waals surface area contributed by atoms with E-state index < -0.39 is 23.5 Å². The number of nitrogens with zero attached hydrogens (tertiary/aromatic N) is 2. The van der Waals surface area contributed by atoms with Crippen LogP contribution in [0.4, 0.5) is 4.39 Å². The summed E-state index contributed by atoms with van der Waals surface area (Å²) in [6, 6.07) is 9.66. The predicted octanol–water partition coefficient (Wildman–Crippen LogP) is 2.97. The standard InChI is InChI=1S/C24H25FN2O5/c1-26(2)10-3-11-27-21(15-4-7-17(25)8-5-15)20(23(29)24(27)30)22(28)16-6-9-18-19(14-16)32-13-12-31-18/h4-9,14,21,28H,3,10-13H2,1-2H3/b22-20-. The van der Waals surface area contributed by atoms with Crippen LogP contribution in [0.25, 0.3) is 5.76 Å². The van der Waals surface area contributed by atoms with Crippen LogP contribution in [0.5, 0.6) is 11.5 Å². The number of ketones is 1. The topological polar surface area (TPSA) is 79.3 Å². The zero-order chi connectivity index (χ0) is 22.8. The molecule has 4 rings (SSSR count). The Morgan fingerprint density at radius 2 is 1.78 bits per heavy atom.